The van der Waals surface area contributed by atoms with Gasteiger partial charge in [-0.25, -0.2) is 0 Å². The molecule has 2 heteroatoms. The van der Waals surface area contributed by atoms with E-state index >= 15 is 0 Å². The molecule has 0 bridgehead atoms. The Kier molecular flexibility index (Phi) is 4.10. The van der Waals surface area contributed by atoms with E-state index in [0.717, 1.165) is 12.0 Å². The summed E-state index contributed by atoms with van der Waals surface area (Å²) in [6.07, 6.45) is 4.46. The fourth-order valence-corrected chi connectivity index (χ4v) is 1.33. The molecule has 15 heavy (non-hydrogen) atoms. The lowest BCUT2D eigenvalue weighted by Crippen LogP contribution is -2.18. The number of benzene rings is 1. The van der Waals surface area contributed by atoms with Crippen molar-refractivity contribution in [3.05, 3.63) is 41.5 Å². The number of nitrogens with zero attached hydrogens (tertiary/aromatic N) is 1. The molecule has 0 saturated carbocycles. The van der Waals surface area contributed by atoms with Crippen LogP contribution in [0.5, 0.6) is 0 Å². The summed E-state index contributed by atoms with van der Waals surface area (Å²) in [4.78, 5) is 12.9. The van der Waals surface area contributed by atoms with E-state index in [0.29, 0.717) is 0 Å². The van der Waals surface area contributed by atoms with E-state index in [1.54, 1.807) is 25.1 Å². The molecule has 0 heterocycles. The van der Waals surface area contributed by atoms with Gasteiger partial charge in [0.15, 0.2) is 0 Å². The van der Waals surface area contributed by atoms with E-state index in [9.17, 15) is 4.79 Å². The van der Waals surface area contributed by atoms with Crippen LogP contribution in [0.15, 0.2) is 30.3 Å². The largest absolute Gasteiger partial charge is 0.345 e. The molecule has 1 amide bonds. The zero-order valence-corrected chi connectivity index (χ0v) is 9.53. The normalized spacial score (nSPS) is 10.6. The van der Waals surface area contributed by atoms with E-state index in [1.165, 1.54) is 5.56 Å². The molecule has 0 unspecified atom stereocenters. The summed E-state index contributed by atoms with van der Waals surface area (Å²) < 4.78 is 0. The van der Waals surface area contributed by atoms with Crippen LogP contribution in [-0.2, 0) is 11.2 Å². The number of hydrogen-bond acceptors (Lipinski definition) is 1. The highest BCUT2D eigenvalue weighted by molar-refractivity contribution is 5.91. The van der Waals surface area contributed by atoms with Crippen LogP contribution in [0, 0.1) is 0 Å². The Morgan fingerprint density at radius 2 is 2.00 bits per heavy atom. The third-order valence-electron chi connectivity index (χ3n) is 2.28. The maximum Gasteiger partial charge on any atom is 0.246 e. The summed E-state index contributed by atoms with van der Waals surface area (Å²) in [5.41, 5.74) is 2.38. The second-order valence-electron chi connectivity index (χ2n) is 3.62. The van der Waals surface area contributed by atoms with Gasteiger partial charge >= 0.3 is 0 Å². The molecule has 0 aliphatic carbocycles. The Hall–Kier alpha value is -1.57. The Balaban J connectivity index is 2.84. The van der Waals surface area contributed by atoms with Crippen molar-refractivity contribution < 1.29 is 4.79 Å². The van der Waals surface area contributed by atoms with E-state index in [2.05, 4.69) is 13.0 Å². The number of rotatable bonds is 3. The van der Waals surface area contributed by atoms with Crippen molar-refractivity contribution in [3.8, 4) is 0 Å². The van der Waals surface area contributed by atoms with Crippen LogP contribution >= 0.6 is 0 Å². The molecule has 80 valence electrons. The van der Waals surface area contributed by atoms with Crippen LogP contribution in [0.25, 0.3) is 6.08 Å². The summed E-state index contributed by atoms with van der Waals surface area (Å²) in [5, 5.41) is 0. The quantitative estimate of drug-likeness (QED) is 0.690. The monoisotopic (exact) mass is 203 g/mol. The van der Waals surface area contributed by atoms with Gasteiger partial charge in [0.05, 0.1) is 0 Å². The molecule has 0 saturated heterocycles. The summed E-state index contributed by atoms with van der Waals surface area (Å²) in [7, 11) is 3.50. The van der Waals surface area contributed by atoms with Crippen LogP contribution in [-0.4, -0.2) is 24.9 Å². The van der Waals surface area contributed by atoms with Gasteiger partial charge in [-0.2, -0.15) is 0 Å². The predicted octanol–water partition coefficient (Wildman–Crippen LogP) is 2.35. The maximum absolute atomic E-state index is 11.4. The fourth-order valence-electron chi connectivity index (χ4n) is 1.33. The van der Waals surface area contributed by atoms with E-state index in [1.807, 2.05) is 24.3 Å². The molecular formula is C13H17NO. The van der Waals surface area contributed by atoms with Crippen LogP contribution in [0.4, 0.5) is 0 Å². The standard InChI is InChI=1S/C13H17NO/c1-4-11-7-5-6-8-12(11)9-10-13(15)14(2)3/h5-10H,4H2,1-3H3/b10-9+. The third kappa shape index (κ3) is 3.24. The second kappa shape index (κ2) is 5.35. The number of carbonyl (C=O) groups is 1. The van der Waals surface area contributed by atoms with Crippen molar-refractivity contribution in [2.24, 2.45) is 0 Å². The molecule has 0 N–H and O–H groups in total. The molecule has 0 aliphatic heterocycles. The lowest BCUT2D eigenvalue weighted by molar-refractivity contribution is -0.123. The fraction of sp³-hybridized carbons (Fsp3) is 0.308. The summed E-state index contributed by atoms with van der Waals surface area (Å²) in [6, 6.07) is 8.11. The molecule has 1 aromatic carbocycles. The van der Waals surface area contributed by atoms with Gasteiger partial charge in [0, 0.05) is 20.2 Å². The van der Waals surface area contributed by atoms with Gasteiger partial charge in [0.25, 0.3) is 0 Å². The van der Waals surface area contributed by atoms with E-state index in [4.69, 9.17) is 0 Å². The van der Waals surface area contributed by atoms with Gasteiger partial charge in [-0.15, -0.1) is 0 Å². The molecule has 1 rings (SSSR count). The Labute approximate surface area is 91.2 Å². The topological polar surface area (TPSA) is 20.3 Å². The van der Waals surface area contributed by atoms with Crippen molar-refractivity contribution in [2.75, 3.05) is 14.1 Å². The number of hydrogen-bond donors (Lipinski definition) is 0. The number of aryl methyl sites for hydroxylation is 1. The van der Waals surface area contributed by atoms with Gasteiger partial charge in [-0.1, -0.05) is 31.2 Å². The van der Waals surface area contributed by atoms with Gasteiger partial charge in [0.1, 0.15) is 0 Å². The zero-order valence-electron chi connectivity index (χ0n) is 9.53. The molecule has 0 fully saturated rings. The van der Waals surface area contributed by atoms with Crippen LogP contribution in [0.3, 0.4) is 0 Å². The minimum atomic E-state index is 0.0147. The Bertz CT molecular complexity index is 367. The average molecular weight is 203 g/mol. The van der Waals surface area contributed by atoms with Gasteiger partial charge in [-0.3, -0.25) is 4.79 Å². The first-order chi connectivity index (χ1) is 7.15. The van der Waals surface area contributed by atoms with Crippen molar-refractivity contribution in [2.45, 2.75) is 13.3 Å². The SMILES string of the molecule is CCc1ccccc1/C=C/C(=O)N(C)C. The summed E-state index contributed by atoms with van der Waals surface area (Å²) in [6.45, 7) is 2.11. The molecule has 0 spiro atoms. The average Bonchev–Trinajstić information content (AvgIpc) is 2.26. The van der Waals surface area contributed by atoms with Gasteiger partial charge in [0.2, 0.25) is 5.91 Å². The third-order valence-corrected chi connectivity index (χ3v) is 2.28. The zero-order chi connectivity index (χ0) is 11.3. The van der Waals surface area contributed by atoms with Crippen LogP contribution < -0.4 is 0 Å². The second-order valence-corrected chi connectivity index (χ2v) is 3.62. The van der Waals surface area contributed by atoms with Gasteiger partial charge in [-0.05, 0) is 23.6 Å². The van der Waals surface area contributed by atoms with Crippen LogP contribution in [0.2, 0.25) is 0 Å². The first-order valence-electron chi connectivity index (χ1n) is 5.12. The van der Waals surface area contributed by atoms with Crippen molar-refractivity contribution in [1.82, 2.24) is 4.90 Å². The Morgan fingerprint density at radius 1 is 1.33 bits per heavy atom. The number of carbonyl (C=O) groups excluding carboxylic acids is 1. The summed E-state index contributed by atoms with van der Waals surface area (Å²) in [5.74, 6) is 0.0147. The Morgan fingerprint density at radius 3 is 2.60 bits per heavy atom. The first kappa shape index (κ1) is 11.5. The predicted molar refractivity (Wildman–Crippen MR) is 63.5 cm³/mol. The number of likely N-dealkylation sites (N-methyl/N-ethyl adjacent to an activating group) is 1. The molecular weight excluding hydrogens is 186 g/mol. The van der Waals surface area contributed by atoms with Crippen molar-refractivity contribution >= 4 is 12.0 Å². The molecule has 0 aromatic heterocycles. The minimum Gasteiger partial charge on any atom is -0.345 e. The minimum absolute atomic E-state index is 0.0147. The highest BCUT2D eigenvalue weighted by atomic mass is 16.2. The van der Waals surface area contributed by atoms with Crippen LogP contribution in [0.1, 0.15) is 18.1 Å². The molecule has 1 aromatic rings. The smallest absolute Gasteiger partial charge is 0.246 e. The number of amides is 1. The molecule has 2 nitrogen and oxygen atoms in total. The first-order valence-corrected chi connectivity index (χ1v) is 5.12. The van der Waals surface area contributed by atoms with Crippen molar-refractivity contribution in [3.63, 3.8) is 0 Å². The lowest BCUT2D eigenvalue weighted by Gasteiger charge is -2.06. The van der Waals surface area contributed by atoms with E-state index in [-0.39, 0.29) is 5.91 Å². The highest BCUT2D eigenvalue weighted by Gasteiger charge is 1.99. The van der Waals surface area contributed by atoms with Gasteiger partial charge < -0.3 is 4.90 Å². The highest BCUT2D eigenvalue weighted by Crippen LogP contribution is 2.11. The van der Waals surface area contributed by atoms with Crippen molar-refractivity contribution in [1.29, 1.82) is 0 Å². The molecule has 0 aliphatic rings. The lowest BCUT2D eigenvalue weighted by atomic mass is 10.1. The summed E-state index contributed by atoms with van der Waals surface area (Å²) >= 11 is 0. The molecule has 0 atom stereocenters. The maximum atomic E-state index is 11.4. The molecule has 0 radical (unpaired) electrons. The van der Waals surface area contributed by atoms with E-state index < -0.39 is 0 Å².